The zero-order chi connectivity index (χ0) is 15.8. The molecule has 0 bridgehead atoms. The Morgan fingerprint density at radius 2 is 2.22 bits per heavy atom. The number of β-amino-alcohol motifs (C(OH)–C–C–N with tert-alkyl or cyclic N) is 1. The molecule has 1 aromatic heterocycles. The van der Waals surface area contributed by atoms with Gasteiger partial charge in [-0.2, -0.15) is 0 Å². The van der Waals surface area contributed by atoms with Gasteiger partial charge in [0, 0.05) is 24.4 Å². The number of aliphatic hydroxyl groups excluding tert-OH is 1. The first-order valence-corrected chi connectivity index (χ1v) is 8.20. The van der Waals surface area contributed by atoms with Gasteiger partial charge in [-0.1, -0.05) is 10.6 Å². The number of ether oxygens (including phenoxy) is 2. The van der Waals surface area contributed by atoms with Crippen molar-refractivity contribution < 1.29 is 19.4 Å². The van der Waals surface area contributed by atoms with Gasteiger partial charge >= 0.3 is 0 Å². The minimum absolute atomic E-state index is 0.0258. The molecule has 1 N–H and O–H groups in total. The molecule has 0 aliphatic carbocycles. The minimum atomic E-state index is -0.625. The molecule has 2 aliphatic rings. The number of likely N-dealkylation sites (tertiary alicyclic amines) is 1. The van der Waals surface area contributed by atoms with Crippen LogP contribution < -0.4 is 9.47 Å². The molecular formula is C15H15N3O4S. The Morgan fingerprint density at radius 3 is 3.00 bits per heavy atom. The van der Waals surface area contributed by atoms with E-state index < -0.39 is 6.10 Å². The predicted octanol–water partition coefficient (Wildman–Crippen LogP) is 1.26. The van der Waals surface area contributed by atoms with Crippen LogP contribution in [0.2, 0.25) is 0 Å². The van der Waals surface area contributed by atoms with E-state index in [4.69, 9.17) is 9.47 Å². The second-order valence-corrected chi connectivity index (χ2v) is 6.23. The number of hydrogen-bond donors (Lipinski definition) is 1. The third kappa shape index (κ3) is 2.64. The van der Waals surface area contributed by atoms with Crippen LogP contribution in [0.5, 0.6) is 11.5 Å². The van der Waals surface area contributed by atoms with Gasteiger partial charge in [0.2, 0.25) is 6.79 Å². The first-order chi connectivity index (χ1) is 11.2. The minimum Gasteiger partial charge on any atom is -0.454 e. The van der Waals surface area contributed by atoms with Crippen molar-refractivity contribution in [2.45, 2.75) is 18.4 Å². The van der Waals surface area contributed by atoms with E-state index in [1.54, 1.807) is 10.3 Å². The van der Waals surface area contributed by atoms with Crippen molar-refractivity contribution in [3.8, 4) is 11.5 Å². The van der Waals surface area contributed by atoms with E-state index in [2.05, 4.69) is 9.59 Å². The van der Waals surface area contributed by atoms with Crippen LogP contribution in [0.4, 0.5) is 0 Å². The van der Waals surface area contributed by atoms with Crippen LogP contribution in [-0.2, 0) is 0 Å². The van der Waals surface area contributed by atoms with Crippen LogP contribution in [0.25, 0.3) is 0 Å². The number of benzene rings is 1. The van der Waals surface area contributed by atoms with E-state index in [1.807, 2.05) is 18.2 Å². The van der Waals surface area contributed by atoms with Gasteiger partial charge in [-0.15, -0.1) is 5.10 Å². The standard InChI is InChI=1S/C15H15N3O4S/c19-12-6-18(15(20)11-7-23-17-16-11)4-3-10(12)9-1-2-13-14(5-9)22-8-21-13/h1-2,5,7,10,12,19H,3-4,6,8H2/t10-,12+/m0/s1. The number of aliphatic hydroxyl groups is 1. The molecule has 0 radical (unpaired) electrons. The van der Waals surface area contributed by atoms with Crippen molar-refractivity contribution in [3.63, 3.8) is 0 Å². The van der Waals surface area contributed by atoms with Crippen LogP contribution in [-0.4, -0.2) is 51.5 Å². The maximum atomic E-state index is 12.3. The lowest BCUT2D eigenvalue weighted by atomic mass is 9.87. The number of fused-ring (bicyclic) bond motifs is 1. The molecule has 8 heteroatoms. The Balaban J connectivity index is 1.48. The number of aromatic nitrogens is 2. The molecule has 1 aromatic carbocycles. The van der Waals surface area contributed by atoms with Gasteiger partial charge in [0.15, 0.2) is 17.2 Å². The van der Waals surface area contributed by atoms with E-state index >= 15 is 0 Å². The summed E-state index contributed by atoms with van der Waals surface area (Å²) in [5.74, 6) is 1.23. The highest BCUT2D eigenvalue weighted by Gasteiger charge is 2.33. The zero-order valence-electron chi connectivity index (χ0n) is 12.2. The van der Waals surface area contributed by atoms with Gasteiger partial charge < -0.3 is 19.5 Å². The number of amides is 1. The number of piperidine rings is 1. The summed E-state index contributed by atoms with van der Waals surface area (Å²) in [7, 11) is 0. The molecule has 2 aliphatic heterocycles. The molecule has 7 nitrogen and oxygen atoms in total. The molecule has 4 rings (SSSR count). The Kier molecular flexibility index (Phi) is 3.62. The Hall–Kier alpha value is -2.19. The van der Waals surface area contributed by atoms with Gasteiger partial charge in [0.05, 0.1) is 6.10 Å². The second-order valence-electron chi connectivity index (χ2n) is 5.62. The van der Waals surface area contributed by atoms with E-state index in [9.17, 15) is 9.90 Å². The monoisotopic (exact) mass is 333 g/mol. The highest BCUT2D eigenvalue weighted by Crippen LogP contribution is 2.37. The molecule has 2 atom stereocenters. The fourth-order valence-corrected chi connectivity index (χ4v) is 3.50. The summed E-state index contributed by atoms with van der Waals surface area (Å²) in [6, 6.07) is 5.73. The predicted molar refractivity (Wildman–Crippen MR) is 81.7 cm³/mol. The number of carbonyl (C=O) groups is 1. The van der Waals surface area contributed by atoms with Crippen molar-refractivity contribution >= 4 is 17.4 Å². The molecule has 1 saturated heterocycles. The van der Waals surface area contributed by atoms with Gasteiger partial charge in [-0.05, 0) is 35.6 Å². The lowest BCUT2D eigenvalue weighted by Crippen LogP contribution is -2.45. The average Bonchev–Trinajstić information content (AvgIpc) is 3.24. The number of carbonyl (C=O) groups excluding carboxylic acids is 1. The first kappa shape index (κ1) is 14.4. The smallest absolute Gasteiger partial charge is 0.275 e. The molecule has 23 heavy (non-hydrogen) atoms. The summed E-state index contributed by atoms with van der Waals surface area (Å²) in [5, 5.41) is 15.9. The SMILES string of the molecule is O=C(c1csnn1)N1CC[C@@H](c2ccc3c(c2)OCO3)[C@H](O)C1. The first-order valence-electron chi connectivity index (χ1n) is 7.36. The van der Waals surface area contributed by atoms with Crippen molar-refractivity contribution in [2.75, 3.05) is 19.9 Å². The van der Waals surface area contributed by atoms with Crippen LogP contribution in [0, 0.1) is 0 Å². The summed E-state index contributed by atoms with van der Waals surface area (Å²) in [6.45, 7) is 1.10. The fourth-order valence-electron chi connectivity index (χ4n) is 3.07. The quantitative estimate of drug-likeness (QED) is 0.890. The highest BCUT2D eigenvalue weighted by molar-refractivity contribution is 7.03. The summed E-state index contributed by atoms with van der Waals surface area (Å²) >= 11 is 1.14. The maximum Gasteiger partial charge on any atom is 0.275 e. The summed E-state index contributed by atoms with van der Waals surface area (Å²) < 4.78 is 14.4. The van der Waals surface area contributed by atoms with Crippen molar-refractivity contribution in [2.24, 2.45) is 0 Å². The summed E-state index contributed by atoms with van der Waals surface area (Å²) in [5.41, 5.74) is 1.34. The number of rotatable bonds is 2. The zero-order valence-corrected chi connectivity index (χ0v) is 13.0. The second kappa shape index (κ2) is 5.78. The molecule has 1 amide bonds. The molecular weight excluding hydrogens is 318 g/mol. The van der Waals surface area contributed by atoms with E-state index in [-0.39, 0.29) is 25.2 Å². The molecule has 2 aromatic rings. The molecule has 120 valence electrons. The third-order valence-electron chi connectivity index (χ3n) is 4.27. The lowest BCUT2D eigenvalue weighted by molar-refractivity contribution is 0.0377. The Labute approximate surface area is 136 Å². The molecule has 3 heterocycles. The molecule has 0 spiro atoms. The van der Waals surface area contributed by atoms with Gasteiger partial charge in [-0.25, -0.2) is 0 Å². The van der Waals surface area contributed by atoms with Gasteiger partial charge in [0.25, 0.3) is 5.91 Å². The van der Waals surface area contributed by atoms with Crippen molar-refractivity contribution in [1.82, 2.24) is 14.5 Å². The molecule has 0 unspecified atom stereocenters. The lowest BCUT2D eigenvalue weighted by Gasteiger charge is -2.35. The number of hydrogen-bond acceptors (Lipinski definition) is 7. The Bertz CT molecular complexity index is 722. The summed E-state index contributed by atoms with van der Waals surface area (Å²) in [6.07, 6.45) is 0.0593. The van der Waals surface area contributed by atoms with Crippen molar-refractivity contribution in [1.29, 1.82) is 0 Å². The van der Waals surface area contributed by atoms with Crippen LogP contribution in [0.15, 0.2) is 23.6 Å². The molecule has 0 saturated carbocycles. The molecule has 1 fully saturated rings. The van der Waals surface area contributed by atoms with Crippen LogP contribution in [0.1, 0.15) is 28.4 Å². The summed E-state index contributed by atoms with van der Waals surface area (Å²) in [4.78, 5) is 13.9. The van der Waals surface area contributed by atoms with Gasteiger partial charge in [-0.3, -0.25) is 4.79 Å². The highest BCUT2D eigenvalue weighted by atomic mass is 32.1. The fraction of sp³-hybridized carbons (Fsp3) is 0.400. The van der Waals surface area contributed by atoms with E-state index in [0.717, 1.165) is 22.8 Å². The van der Waals surface area contributed by atoms with Crippen LogP contribution in [0.3, 0.4) is 0 Å². The topological polar surface area (TPSA) is 84.8 Å². The normalized spacial score (nSPS) is 23.1. The third-order valence-corrected chi connectivity index (χ3v) is 4.78. The maximum absolute atomic E-state index is 12.3. The van der Waals surface area contributed by atoms with Gasteiger partial charge in [0.1, 0.15) is 0 Å². The Morgan fingerprint density at radius 1 is 1.35 bits per heavy atom. The van der Waals surface area contributed by atoms with E-state index in [1.165, 1.54) is 0 Å². The largest absolute Gasteiger partial charge is 0.454 e. The van der Waals surface area contributed by atoms with E-state index in [0.29, 0.717) is 24.4 Å². The number of nitrogens with zero attached hydrogens (tertiary/aromatic N) is 3. The average molecular weight is 333 g/mol. The van der Waals surface area contributed by atoms with Crippen molar-refractivity contribution in [3.05, 3.63) is 34.8 Å². The van der Waals surface area contributed by atoms with Crippen LogP contribution >= 0.6 is 11.5 Å².